The number of halogens is 1. The predicted octanol–water partition coefficient (Wildman–Crippen LogP) is 4.82. The quantitative estimate of drug-likeness (QED) is 0.728. The van der Waals surface area contributed by atoms with E-state index >= 15 is 0 Å². The van der Waals surface area contributed by atoms with Crippen LogP contribution in [0.4, 0.5) is 5.69 Å². The number of amides is 1. The van der Waals surface area contributed by atoms with Crippen molar-refractivity contribution < 1.29 is 4.79 Å². The summed E-state index contributed by atoms with van der Waals surface area (Å²) in [7, 11) is 0. The van der Waals surface area contributed by atoms with Crippen LogP contribution in [-0.4, -0.2) is 10.9 Å². The average Bonchev–Trinajstić information content (AvgIpc) is 3.04. The minimum atomic E-state index is -0.170. The van der Waals surface area contributed by atoms with Crippen molar-refractivity contribution in [2.45, 2.75) is 0 Å². The number of hydrogen-bond acceptors (Lipinski definition) is 3. The summed E-state index contributed by atoms with van der Waals surface area (Å²) in [5, 5.41) is 6.86. The van der Waals surface area contributed by atoms with Gasteiger partial charge < -0.3 is 5.32 Å². The Labute approximate surface area is 134 Å². The van der Waals surface area contributed by atoms with Crippen molar-refractivity contribution >= 4 is 38.9 Å². The molecule has 0 aliphatic carbocycles. The van der Waals surface area contributed by atoms with Crippen LogP contribution in [0, 0.1) is 0 Å². The van der Waals surface area contributed by atoms with Gasteiger partial charge in [-0.1, -0.05) is 12.1 Å². The number of thiophene rings is 1. The standard InChI is InChI=1S/C16H11BrN2OS/c17-13-5-1-2-6-14(13)19-16(20)12-4-3-8-18-15(12)11-7-9-21-10-11/h1-10H,(H,19,20). The molecule has 0 radical (unpaired) electrons. The van der Waals surface area contributed by atoms with Gasteiger partial charge in [0.15, 0.2) is 0 Å². The number of hydrogen-bond donors (Lipinski definition) is 1. The fraction of sp³-hybridized carbons (Fsp3) is 0. The molecule has 104 valence electrons. The molecule has 2 aromatic heterocycles. The van der Waals surface area contributed by atoms with Crippen molar-refractivity contribution in [1.82, 2.24) is 4.98 Å². The molecular formula is C16H11BrN2OS. The summed E-state index contributed by atoms with van der Waals surface area (Å²) in [5.74, 6) is -0.170. The molecule has 0 unspecified atom stereocenters. The Balaban J connectivity index is 1.94. The number of carbonyl (C=O) groups is 1. The fourth-order valence-corrected chi connectivity index (χ4v) is 2.99. The van der Waals surface area contributed by atoms with Crippen LogP contribution in [0.5, 0.6) is 0 Å². The van der Waals surface area contributed by atoms with E-state index in [1.54, 1.807) is 29.7 Å². The number of anilines is 1. The van der Waals surface area contributed by atoms with E-state index in [1.165, 1.54) is 0 Å². The predicted molar refractivity (Wildman–Crippen MR) is 89.6 cm³/mol. The fourth-order valence-electron chi connectivity index (χ4n) is 1.97. The third-order valence-corrected chi connectivity index (χ3v) is 4.34. The first-order valence-corrected chi connectivity index (χ1v) is 8.03. The molecular weight excluding hydrogens is 348 g/mol. The minimum Gasteiger partial charge on any atom is -0.321 e. The van der Waals surface area contributed by atoms with Gasteiger partial charge in [0.25, 0.3) is 5.91 Å². The molecule has 0 saturated carbocycles. The van der Waals surface area contributed by atoms with Crippen LogP contribution in [0.15, 0.2) is 63.9 Å². The van der Waals surface area contributed by atoms with Gasteiger partial charge in [0.1, 0.15) is 0 Å². The van der Waals surface area contributed by atoms with Crippen LogP contribution in [0.25, 0.3) is 11.3 Å². The number of nitrogens with one attached hydrogen (secondary N) is 1. The molecule has 0 atom stereocenters. The first kappa shape index (κ1) is 14.0. The van der Waals surface area contributed by atoms with E-state index < -0.39 is 0 Å². The molecule has 0 fully saturated rings. The normalized spacial score (nSPS) is 10.3. The lowest BCUT2D eigenvalue weighted by atomic mass is 10.1. The van der Waals surface area contributed by atoms with E-state index in [-0.39, 0.29) is 5.91 Å². The summed E-state index contributed by atoms with van der Waals surface area (Å²) < 4.78 is 0.847. The lowest BCUT2D eigenvalue weighted by Gasteiger charge is -2.09. The SMILES string of the molecule is O=C(Nc1ccccc1Br)c1cccnc1-c1ccsc1. The summed E-state index contributed by atoms with van der Waals surface area (Å²) in [5.41, 5.74) is 2.95. The second kappa shape index (κ2) is 6.20. The van der Waals surface area contributed by atoms with Gasteiger partial charge in [-0.05, 0) is 51.6 Å². The summed E-state index contributed by atoms with van der Waals surface area (Å²) >= 11 is 5.01. The van der Waals surface area contributed by atoms with Gasteiger partial charge in [0.05, 0.1) is 16.9 Å². The van der Waals surface area contributed by atoms with Gasteiger partial charge >= 0.3 is 0 Å². The summed E-state index contributed by atoms with van der Waals surface area (Å²) in [6.45, 7) is 0. The van der Waals surface area contributed by atoms with Crippen molar-refractivity contribution in [2.24, 2.45) is 0 Å². The lowest BCUT2D eigenvalue weighted by Crippen LogP contribution is -2.14. The first-order chi connectivity index (χ1) is 10.3. The smallest absolute Gasteiger partial charge is 0.257 e. The van der Waals surface area contributed by atoms with Crippen LogP contribution in [-0.2, 0) is 0 Å². The number of pyridine rings is 1. The highest BCUT2D eigenvalue weighted by Gasteiger charge is 2.15. The highest BCUT2D eigenvalue weighted by Crippen LogP contribution is 2.26. The van der Waals surface area contributed by atoms with E-state index in [1.807, 2.05) is 41.1 Å². The number of nitrogens with zero attached hydrogens (tertiary/aromatic N) is 1. The second-order valence-corrected chi connectivity index (χ2v) is 5.98. The van der Waals surface area contributed by atoms with Gasteiger partial charge in [0, 0.05) is 21.6 Å². The van der Waals surface area contributed by atoms with E-state index in [9.17, 15) is 4.79 Å². The third kappa shape index (κ3) is 3.04. The van der Waals surface area contributed by atoms with Crippen molar-refractivity contribution in [3.05, 3.63) is 69.5 Å². The van der Waals surface area contributed by atoms with E-state index in [2.05, 4.69) is 26.2 Å². The Morgan fingerprint density at radius 3 is 2.76 bits per heavy atom. The van der Waals surface area contributed by atoms with Crippen LogP contribution in [0.1, 0.15) is 10.4 Å². The van der Waals surface area contributed by atoms with Crippen molar-refractivity contribution in [3.63, 3.8) is 0 Å². The zero-order valence-electron chi connectivity index (χ0n) is 10.9. The number of carbonyl (C=O) groups excluding carboxylic acids is 1. The Kier molecular flexibility index (Phi) is 4.13. The Hall–Kier alpha value is -1.98. The maximum Gasteiger partial charge on any atom is 0.257 e. The van der Waals surface area contributed by atoms with Crippen LogP contribution >= 0.6 is 27.3 Å². The average molecular weight is 359 g/mol. The van der Waals surface area contributed by atoms with Crippen LogP contribution in [0.2, 0.25) is 0 Å². The molecule has 1 amide bonds. The molecule has 2 heterocycles. The maximum atomic E-state index is 12.5. The van der Waals surface area contributed by atoms with Crippen molar-refractivity contribution in [3.8, 4) is 11.3 Å². The summed E-state index contributed by atoms with van der Waals surface area (Å²) in [4.78, 5) is 16.9. The van der Waals surface area contributed by atoms with Gasteiger partial charge in [0.2, 0.25) is 0 Å². The molecule has 1 aromatic carbocycles. The van der Waals surface area contributed by atoms with Crippen LogP contribution < -0.4 is 5.32 Å². The third-order valence-electron chi connectivity index (χ3n) is 2.97. The van der Waals surface area contributed by atoms with E-state index in [0.717, 1.165) is 15.7 Å². The number of aromatic nitrogens is 1. The lowest BCUT2D eigenvalue weighted by molar-refractivity contribution is 0.102. The number of benzene rings is 1. The molecule has 21 heavy (non-hydrogen) atoms. The van der Waals surface area contributed by atoms with Gasteiger partial charge in [-0.3, -0.25) is 9.78 Å². The zero-order chi connectivity index (χ0) is 14.7. The second-order valence-electron chi connectivity index (χ2n) is 4.35. The molecule has 0 bridgehead atoms. The Morgan fingerprint density at radius 2 is 2.00 bits per heavy atom. The topological polar surface area (TPSA) is 42.0 Å². The minimum absolute atomic E-state index is 0.170. The molecule has 0 aliphatic rings. The number of rotatable bonds is 3. The molecule has 0 aliphatic heterocycles. The number of para-hydroxylation sites is 1. The molecule has 0 spiro atoms. The molecule has 3 rings (SSSR count). The summed E-state index contributed by atoms with van der Waals surface area (Å²) in [6.07, 6.45) is 1.70. The van der Waals surface area contributed by atoms with Crippen molar-refractivity contribution in [2.75, 3.05) is 5.32 Å². The van der Waals surface area contributed by atoms with Gasteiger partial charge in [-0.25, -0.2) is 0 Å². The van der Waals surface area contributed by atoms with E-state index in [4.69, 9.17) is 0 Å². The van der Waals surface area contributed by atoms with Crippen LogP contribution in [0.3, 0.4) is 0 Å². The van der Waals surface area contributed by atoms with Crippen molar-refractivity contribution in [1.29, 1.82) is 0 Å². The molecule has 5 heteroatoms. The molecule has 3 aromatic rings. The van der Waals surface area contributed by atoms with Gasteiger partial charge in [-0.2, -0.15) is 11.3 Å². The largest absolute Gasteiger partial charge is 0.321 e. The molecule has 1 N–H and O–H groups in total. The maximum absolute atomic E-state index is 12.5. The highest BCUT2D eigenvalue weighted by molar-refractivity contribution is 9.10. The monoisotopic (exact) mass is 358 g/mol. The molecule has 3 nitrogen and oxygen atoms in total. The Morgan fingerprint density at radius 1 is 1.14 bits per heavy atom. The zero-order valence-corrected chi connectivity index (χ0v) is 13.3. The first-order valence-electron chi connectivity index (χ1n) is 6.29. The highest BCUT2D eigenvalue weighted by atomic mass is 79.9. The van der Waals surface area contributed by atoms with E-state index in [0.29, 0.717) is 11.3 Å². The Bertz CT molecular complexity index is 771. The van der Waals surface area contributed by atoms with Gasteiger partial charge in [-0.15, -0.1) is 0 Å². The molecule has 0 saturated heterocycles. The summed E-state index contributed by atoms with van der Waals surface area (Å²) in [6, 6.07) is 13.0.